The zero-order valence-corrected chi connectivity index (χ0v) is 9.19. The van der Waals surface area contributed by atoms with E-state index in [0.29, 0.717) is 18.6 Å². The molecule has 7 heteroatoms. The van der Waals surface area contributed by atoms with Gasteiger partial charge >= 0.3 is 0 Å². The van der Waals surface area contributed by atoms with Crippen LogP contribution in [-0.4, -0.2) is 30.2 Å². The van der Waals surface area contributed by atoms with Crippen molar-refractivity contribution in [3.05, 3.63) is 33.9 Å². The van der Waals surface area contributed by atoms with E-state index >= 15 is 0 Å². The largest absolute Gasteiger partial charge is 0.396 e. The lowest BCUT2D eigenvalue weighted by Gasteiger charge is -2.19. The summed E-state index contributed by atoms with van der Waals surface area (Å²) >= 11 is 0. The second kappa shape index (κ2) is 5.53. The summed E-state index contributed by atoms with van der Waals surface area (Å²) < 4.78 is 27.0. The van der Waals surface area contributed by atoms with Crippen LogP contribution in [-0.2, 0) is 0 Å². The highest BCUT2D eigenvalue weighted by Crippen LogP contribution is 2.27. The van der Waals surface area contributed by atoms with Gasteiger partial charge in [-0.15, -0.1) is 0 Å². The number of anilines is 1. The monoisotopic (exact) mass is 246 g/mol. The smallest absolute Gasteiger partial charge is 0.275 e. The number of non-ortho nitro benzene ring substituents is 1. The number of nitrogens with zero attached hydrogens (tertiary/aromatic N) is 2. The molecule has 1 aromatic carbocycles. The first kappa shape index (κ1) is 13.3. The summed E-state index contributed by atoms with van der Waals surface area (Å²) in [5, 5.41) is 19.0. The summed E-state index contributed by atoms with van der Waals surface area (Å²) in [6, 6.07) is 1.35. The zero-order valence-electron chi connectivity index (χ0n) is 9.19. The van der Waals surface area contributed by atoms with Gasteiger partial charge in [-0.2, -0.15) is 0 Å². The molecule has 0 amide bonds. The summed E-state index contributed by atoms with van der Waals surface area (Å²) in [4.78, 5) is 10.8. The summed E-state index contributed by atoms with van der Waals surface area (Å²) in [5.41, 5.74) is -0.955. The minimum Gasteiger partial charge on any atom is -0.396 e. The summed E-state index contributed by atoms with van der Waals surface area (Å²) in [6.07, 6.45) is 0.354. The molecule has 0 unspecified atom stereocenters. The average molecular weight is 246 g/mol. The maximum absolute atomic E-state index is 13.5. The first-order valence-corrected chi connectivity index (χ1v) is 4.92. The van der Waals surface area contributed by atoms with Gasteiger partial charge in [0.05, 0.1) is 17.1 Å². The van der Waals surface area contributed by atoms with Crippen molar-refractivity contribution in [2.75, 3.05) is 25.1 Å². The van der Waals surface area contributed by atoms with Crippen LogP contribution >= 0.6 is 0 Å². The Bertz CT molecular complexity index is 403. The summed E-state index contributed by atoms with van der Waals surface area (Å²) in [7, 11) is 1.45. The van der Waals surface area contributed by atoms with E-state index < -0.39 is 22.2 Å². The fourth-order valence-electron chi connectivity index (χ4n) is 1.44. The minimum absolute atomic E-state index is 0.0967. The Balaban J connectivity index is 3.04. The molecule has 1 rings (SSSR count). The molecule has 0 fully saturated rings. The molecule has 0 saturated carbocycles. The number of nitro groups is 1. The maximum Gasteiger partial charge on any atom is 0.275 e. The van der Waals surface area contributed by atoms with Crippen molar-refractivity contribution in [2.24, 2.45) is 0 Å². The molecular weight excluding hydrogens is 234 g/mol. The van der Waals surface area contributed by atoms with Crippen LogP contribution in [0.4, 0.5) is 20.2 Å². The number of aliphatic hydroxyl groups excluding tert-OH is 1. The lowest BCUT2D eigenvalue weighted by Crippen LogP contribution is -2.22. The Morgan fingerprint density at radius 1 is 1.41 bits per heavy atom. The predicted molar refractivity (Wildman–Crippen MR) is 58.0 cm³/mol. The van der Waals surface area contributed by atoms with E-state index in [2.05, 4.69) is 0 Å². The van der Waals surface area contributed by atoms with Crippen molar-refractivity contribution in [2.45, 2.75) is 6.42 Å². The maximum atomic E-state index is 13.5. The lowest BCUT2D eigenvalue weighted by atomic mass is 10.2. The molecule has 0 aliphatic rings. The van der Waals surface area contributed by atoms with Crippen molar-refractivity contribution in [3.8, 4) is 0 Å². The van der Waals surface area contributed by atoms with Crippen LogP contribution in [0.25, 0.3) is 0 Å². The van der Waals surface area contributed by atoms with Gasteiger partial charge in [0.25, 0.3) is 5.69 Å². The molecular formula is C10H12F2N2O3. The van der Waals surface area contributed by atoms with E-state index in [1.54, 1.807) is 0 Å². The van der Waals surface area contributed by atoms with Gasteiger partial charge < -0.3 is 10.0 Å². The van der Waals surface area contributed by atoms with E-state index in [0.717, 1.165) is 0 Å². The van der Waals surface area contributed by atoms with Gasteiger partial charge in [-0.25, -0.2) is 8.78 Å². The van der Waals surface area contributed by atoms with Crippen molar-refractivity contribution in [3.63, 3.8) is 0 Å². The third kappa shape index (κ3) is 3.10. The minimum atomic E-state index is -0.989. The zero-order chi connectivity index (χ0) is 13.0. The van der Waals surface area contributed by atoms with Gasteiger partial charge in [0, 0.05) is 20.2 Å². The number of aliphatic hydroxyl groups is 1. The van der Waals surface area contributed by atoms with Gasteiger partial charge in [-0.05, 0) is 6.42 Å². The molecule has 94 valence electrons. The first-order chi connectivity index (χ1) is 7.97. The van der Waals surface area contributed by atoms with Gasteiger partial charge in [0.2, 0.25) is 0 Å². The standard InChI is InChI=1S/C10H12F2N2O3/c1-13(3-2-4-15)10-8(11)5-7(14(16)17)6-9(10)12/h5-6,15H,2-4H2,1H3. The molecule has 0 heterocycles. The molecule has 5 nitrogen and oxygen atoms in total. The topological polar surface area (TPSA) is 66.6 Å². The Morgan fingerprint density at radius 2 is 1.94 bits per heavy atom. The van der Waals surface area contributed by atoms with E-state index in [1.807, 2.05) is 0 Å². The first-order valence-electron chi connectivity index (χ1n) is 4.92. The van der Waals surface area contributed by atoms with Crippen LogP contribution in [0.5, 0.6) is 0 Å². The Hall–Kier alpha value is -1.76. The molecule has 0 aliphatic heterocycles. The molecule has 0 atom stereocenters. The van der Waals surface area contributed by atoms with E-state index in [-0.39, 0.29) is 18.8 Å². The van der Waals surface area contributed by atoms with Crippen molar-refractivity contribution >= 4 is 11.4 Å². The van der Waals surface area contributed by atoms with E-state index in [4.69, 9.17) is 5.11 Å². The summed E-state index contributed by atoms with van der Waals surface area (Å²) in [5.74, 6) is -1.98. The molecule has 0 aliphatic carbocycles. The highest BCUT2D eigenvalue weighted by Gasteiger charge is 2.19. The number of halogens is 2. The number of benzene rings is 1. The van der Waals surface area contributed by atoms with Gasteiger partial charge in [0.15, 0.2) is 11.6 Å². The molecule has 1 N–H and O–H groups in total. The summed E-state index contributed by atoms with van der Waals surface area (Å²) in [6.45, 7) is 0.155. The fraction of sp³-hybridized carbons (Fsp3) is 0.400. The number of nitro benzene ring substituents is 1. The van der Waals surface area contributed by atoms with Crippen LogP contribution in [0.15, 0.2) is 12.1 Å². The lowest BCUT2D eigenvalue weighted by molar-refractivity contribution is -0.385. The van der Waals surface area contributed by atoms with Crippen molar-refractivity contribution < 1.29 is 18.8 Å². The number of hydrogen-bond donors (Lipinski definition) is 1. The molecule has 17 heavy (non-hydrogen) atoms. The van der Waals surface area contributed by atoms with Crippen LogP contribution in [0.3, 0.4) is 0 Å². The molecule has 1 aromatic rings. The highest BCUT2D eigenvalue weighted by molar-refractivity contribution is 5.53. The second-order valence-corrected chi connectivity index (χ2v) is 3.51. The van der Waals surface area contributed by atoms with Crippen LogP contribution in [0.1, 0.15) is 6.42 Å². The van der Waals surface area contributed by atoms with Gasteiger partial charge in [0.1, 0.15) is 5.69 Å². The third-order valence-electron chi connectivity index (χ3n) is 2.25. The van der Waals surface area contributed by atoms with Crippen molar-refractivity contribution in [1.82, 2.24) is 0 Å². The molecule has 0 saturated heterocycles. The molecule has 0 aromatic heterocycles. The molecule has 0 radical (unpaired) electrons. The van der Waals surface area contributed by atoms with E-state index in [9.17, 15) is 18.9 Å². The van der Waals surface area contributed by atoms with Crippen LogP contribution < -0.4 is 4.90 Å². The quantitative estimate of drug-likeness (QED) is 0.634. The third-order valence-corrected chi connectivity index (χ3v) is 2.25. The fourth-order valence-corrected chi connectivity index (χ4v) is 1.44. The normalized spacial score (nSPS) is 10.4. The predicted octanol–water partition coefficient (Wildman–Crippen LogP) is 1.69. The number of hydrogen-bond acceptors (Lipinski definition) is 4. The average Bonchev–Trinajstić information content (AvgIpc) is 2.25. The Morgan fingerprint density at radius 3 is 2.35 bits per heavy atom. The van der Waals surface area contributed by atoms with Gasteiger partial charge in [-0.3, -0.25) is 10.1 Å². The highest BCUT2D eigenvalue weighted by atomic mass is 19.1. The Kier molecular flexibility index (Phi) is 4.33. The second-order valence-electron chi connectivity index (χ2n) is 3.51. The molecule has 0 spiro atoms. The number of rotatable bonds is 5. The van der Waals surface area contributed by atoms with Crippen LogP contribution in [0.2, 0.25) is 0 Å². The van der Waals surface area contributed by atoms with Gasteiger partial charge in [-0.1, -0.05) is 0 Å². The molecule has 0 bridgehead atoms. The Labute approximate surface area is 96.4 Å². The van der Waals surface area contributed by atoms with E-state index in [1.165, 1.54) is 11.9 Å². The SMILES string of the molecule is CN(CCCO)c1c(F)cc([N+](=O)[O-])cc1F. The van der Waals surface area contributed by atoms with Crippen LogP contribution in [0, 0.1) is 21.7 Å². The van der Waals surface area contributed by atoms with Crippen molar-refractivity contribution in [1.29, 1.82) is 0 Å².